The van der Waals surface area contributed by atoms with Gasteiger partial charge in [0, 0.05) is 4.88 Å². The third kappa shape index (κ3) is 4.70. The number of thioether (sulfide) groups is 1. The fourth-order valence-electron chi connectivity index (χ4n) is 2.33. The molecule has 1 amide bonds. The van der Waals surface area contributed by atoms with E-state index >= 15 is 0 Å². The number of nitrogens with zero attached hydrogens (tertiary/aromatic N) is 2. The van der Waals surface area contributed by atoms with Crippen LogP contribution in [0, 0.1) is 0 Å². The molecule has 2 heterocycles. The van der Waals surface area contributed by atoms with Crippen LogP contribution in [0.4, 0.5) is 10.9 Å². The van der Waals surface area contributed by atoms with Gasteiger partial charge in [-0.2, -0.15) is 4.98 Å². The third-order valence-electron chi connectivity index (χ3n) is 3.66. The van der Waals surface area contributed by atoms with Crippen molar-refractivity contribution in [2.24, 2.45) is 0 Å². The minimum absolute atomic E-state index is 0.186. The van der Waals surface area contributed by atoms with Crippen LogP contribution in [0.5, 0.6) is 0 Å². The Morgan fingerprint density at radius 2 is 2.11 bits per heavy atom. The number of amides is 1. The van der Waals surface area contributed by atoms with E-state index in [0.29, 0.717) is 15.7 Å². The number of aromatic nitrogens is 3. The number of benzene rings is 1. The van der Waals surface area contributed by atoms with E-state index in [9.17, 15) is 9.59 Å². The number of esters is 1. The van der Waals surface area contributed by atoms with Crippen LogP contribution in [0.15, 0.2) is 41.6 Å². The van der Waals surface area contributed by atoms with E-state index in [0.717, 1.165) is 22.2 Å². The summed E-state index contributed by atoms with van der Waals surface area (Å²) >= 11 is 2.49. The smallest absolute Gasteiger partial charge is 0.341 e. The Bertz CT molecular complexity index is 971. The molecular weight excluding hydrogens is 398 g/mol. The number of rotatable bonds is 7. The lowest BCUT2D eigenvalue weighted by Gasteiger charge is -2.10. The van der Waals surface area contributed by atoms with Crippen LogP contribution in [0.3, 0.4) is 0 Å². The Kier molecular flexibility index (Phi) is 6.32. The SMILES string of the molecule is CCOC(=O)c1cc(-c2ccccc2)sc1NC(=O)C(C)Sc1n[nH]c(N)n1. The standard InChI is InChI=1S/C18H19N5O3S2/c1-3-26-16(25)12-9-13(11-7-5-4-6-8-11)28-15(12)20-14(24)10(2)27-18-21-17(19)22-23-18/h4-10H,3H2,1-2H3,(H,20,24)(H3,19,21,22,23). The van der Waals surface area contributed by atoms with Gasteiger partial charge in [0.1, 0.15) is 5.00 Å². The quantitative estimate of drug-likeness (QED) is 0.397. The van der Waals surface area contributed by atoms with Gasteiger partial charge >= 0.3 is 5.97 Å². The Morgan fingerprint density at radius 3 is 2.75 bits per heavy atom. The largest absolute Gasteiger partial charge is 0.462 e. The molecule has 28 heavy (non-hydrogen) atoms. The van der Waals surface area contributed by atoms with Gasteiger partial charge in [-0.3, -0.25) is 4.79 Å². The second-order valence-electron chi connectivity index (χ2n) is 5.69. The van der Waals surface area contributed by atoms with Crippen LogP contribution >= 0.6 is 23.1 Å². The highest BCUT2D eigenvalue weighted by molar-refractivity contribution is 8.00. The van der Waals surface area contributed by atoms with Crippen LogP contribution < -0.4 is 11.1 Å². The van der Waals surface area contributed by atoms with Gasteiger partial charge in [-0.25, -0.2) is 9.89 Å². The number of nitrogens with one attached hydrogen (secondary N) is 2. The molecule has 3 aromatic rings. The molecule has 4 N–H and O–H groups in total. The van der Waals surface area contributed by atoms with Crippen molar-refractivity contribution >= 4 is 45.9 Å². The molecule has 0 saturated carbocycles. The van der Waals surface area contributed by atoms with Crippen LogP contribution in [0.2, 0.25) is 0 Å². The number of carbonyl (C=O) groups excluding carboxylic acids is 2. The Labute approximate surface area is 169 Å². The number of nitrogen functional groups attached to an aromatic ring is 1. The zero-order chi connectivity index (χ0) is 20.1. The molecule has 0 radical (unpaired) electrons. The number of carbonyl (C=O) groups is 2. The maximum Gasteiger partial charge on any atom is 0.341 e. The van der Waals surface area contributed by atoms with E-state index in [2.05, 4.69) is 20.5 Å². The average molecular weight is 418 g/mol. The van der Waals surface area contributed by atoms with Crippen LogP contribution in [0.25, 0.3) is 10.4 Å². The molecule has 0 fully saturated rings. The lowest BCUT2D eigenvalue weighted by Crippen LogP contribution is -2.23. The van der Waals surface area contributed by atoms with E-state index < -0.39 is 11.2 Å². The zero-order valence-corrected chi connectivity index (χ0v) is 16.9. The van der Waals surface area contributed by atoms with Crippen LogP contribution in [0.1, 0.15) is 24.2 Å². The van der Waals surface area contributed by atoms with Crippen LogP contribution in [-0.4, -0.2) is 38.9 Å². The normalized spacial score (nSPS) is 11.8. The van der Waals surface area contributed by atoms with Crippen molar-refractivity contribution in [3.05, 3.63) is 42.0 Å². The summed E-state index contributed by atoms with van der Waals surface area (Å²) < 4.78 is 5.13. The Balaban J connectivity index is 1.81. The third-order valence-corrected chi connectivity index (χ3v) is 5.72. The minimum Gasteiger partial charge on any atom is -0.462 e. The summed E-state index contributed by atoms with van der Waals surface area (Å²) in [7, 11) is 0. The van der Waals surface area contributed by atoms with Gasteiger partial charge in [-0.05, 0) is 25.5 Å². The van der Waals surface area contributed by atoms with Gasteiger partial charge < -0.3 is 15.8 Å². The number of hydrogen-bond acceptors (Lipinski definition) is 8. The van der Waals surface area contributed by atoms with Gasteiger partial charge in [0.05, 0.1) is 17.4 Å². The molecule has 10 heteroatoms. The topological polar surface area (TPSA) is 123 Å². The molecule has 146 valence electrons. The Morgan fingerprint density at radius 1 is 1.36 bits per heavy atom. The van der Waals surface area contributed by atoms with Crippen molar-refractivity contribution in [1.29, 1.82) is 0 Å². The monoisotopic (exact) mass is 417 g/mol. The summed E-state index contributed by atoms with van der Waals surface area (Å²) in [5.41, 5.74) is 6.79. The first-order valence-corrected chi connectivity index (χ1v) is 10.2. The summed E-state index contributed by atoms with van der Waals surface area (Å²) in [5, 5.41) is 9.60. The first-order chi connectivity index (χ1) is 13.5. The molecule has 1 unspecified atom stereocenters. The van der Waals surface area contributed by atoms with Gasteiger partial charge in [0.2, 0.25) is 17.0 Å². The highest BCUT2D eigenvalue weighted by atomic mass is 32.2. The van der Waals surface area contributed by atoms with E-state index in [-0.39, 0.29) is 18.5 Å². The molecule has 0 aliphatic rings. The van der Waals surface area contributed by atoms with E-state index in [4.69, 9.17) is 10.5 Å². The predicted octanol–water partition coefficient (Wildman–Crippen LogP) is 3.41. The molecule has 0 aliphatic carbocycles. The maximum atomic E-state index is 12.6. The number of aromatic amines is 1. The maximum absolute atomic E-state index is 12.6. The highest BCUT2D eigenvalue weighted by Gasteiger charge is 2.23. The molecular formula is C18H19N5O3S2. The van der Waals surface area contributed by atoms with Gasteiger partial charge in [-0.15, -0.1) is 16.4 Å². The molecule has 1 atom stereocenters. The minimum atomic E-state index is -0.493. The van der Waals surface area contributed by atoms with Crippen molar-refractivity contribution in [1.82, 2.24) is 15.2 Å². The fraction of sp³-hybridized carbons (Fsp3) is 0.222. The molecule has 0 spiro atoms. The highest BCUT2D eigenvalue weighted by Crippen LogP contribution is 2.36. The van der Waals surface area contributed by atoms with Gasteiger partial charge in [0.15, 0.2) is 0 Å². The summed E-state index contributed by atoms with van der Waals surface area (Å²) in [5.74, 6) is -0.566. The molecule has 8 nitrogen and oxygen atoms in total. The predicted molar refractivity (Wildman–Crippen MR) is 110 cm³/mol. The first kappa shape index (κ1) is 19.9. The van der Waals surface area contributed by atoms with Crippen molar-refractivity contribution < 1.29 is 14.3 Å². The van der Waals surface area contributed by atoms with E-state index in [1.165, 1.54) is 11.3 Å². The summed E-state index contributed by atoms with van der Waals surface area (Å²) in [6.45, 7) is 3.71. The van der Waals surface area contributed by atoms with Gasteiger partial charge in [-0.1, -0.05) is 42.1 Å². The lowest BCUT2D eigenvalue weighted by molar-refractivity contribution is -0.115. The van der Waals surface area contributed by atoms with Crippen molar-refractivity contribution in [3.63, 3.8) is 0 Å². The van der Waals surface area contributed by atoms with E-state index in [1.807, 2.05) is 30.3 Å². The summed E-state index contributed by atoms with van der Waals surface area (Å²) in [6, 6.07) is 11.4. The van der Waals surface area contributed by atoms with Crippen molar-refractivity contribution in [2.45, 2.75) is 24.3 Å². The molecule has 2 aromatic heterocycles. The fourth-order valence-corrected chi connectivity index (χ4v) is 4.11. The van der Waals surface area contributed by atoms with E-state index in [1.54, 1.807) is 19.9 Å². The first-order valence-electron chi connectivity index (χ1n) is 8.49. The molecule has 0 bridgehead atoms. The second kappa shape index (κ2) is 8.89. The van der Waals surface area contributed by atoms with Gasteiger partial charge in [0.25, 0.3) is 0 Å². The number of hydrogen-bond donors (Lipinski definition) is 3. The average Bonchev–Trinajstić information content (AvgIpc) is 3.29. The second-order valence-corrected chi connectivity index (χ2v) is 8.05. The van der Waals surface area contributed by atoms with Crippen molar-refractivity contribution in [3.8, 4) is 10.4 Å². The number of anilines is 2. The number of thiophene rings is 1. The number of ether oxygens (including phenoxy) is 1. The molecule has 3 rings (SSSR count). The summed E-state index contributed by atoms with van der Waals surface area (Å²) in [4.78, 5) is 29.8. The number of H-pyrrole nitrogens is 1. The number of nitrogens with two attached hydrogens (primary N) is 1. The zero-order valence-electron chi connectivity index (χ0n) is 15.3. The summed E-state index contributed by atoms with van der Waals surface area (Å²) in [6.07, 6.45) is 0. The van der Waals surface area contributed by atoms with Crippen LogP contribution in [-0.2, 0) is 9.53 Å². The van der Waals surface area contributed by atoms with Crippen molar-refractivity contribution in [2.75, 3.05) is 17.7 Å². The Hall–Kier alpha value is -2.85. The molecule has 1 aromatic carbocycles. The molecule has 0 saturated heterocycles. The molecule has 0 aliphatic heterocycles. The lowest BCUT2D eigenvalue weighted by atomic mass is 10.1.